The van der Waals surface area contributed by atoms with Crippen LogP contribution >= 0.6 is 0 Å². The molecule has 0 aliphatic carbocycles. The van der Waals surface area contributed by atoms with E-state index in [0.29, 0.717) is 22.6 Å². The first-order valence-corrected chi connectivity index (χ1v) is 11.6. The lowest BCUT2D eigenvalue weighted by Crippen LogP contribution is -2.21. The fourth-order valence-corrected chi connectivity index (χ4v) is 4.43. The second kappa shape index (κ2) is 8.79. The maximum absolute atomic E-state index is 12.5. The number of benzene rings is 3. The summed E-state index contributed by atoms with van der Waals surface area (Å²) in [5.41, 5.74) is 9.60. The number of hydrogen-bond acceptors (Lipinski definition) is 5. The van der Waals surface area contributed by atoms with E-state index < -0.39 is 16.1 Å². The summed E-state index contributed by atoms with van der Waals surface area (Å²) in [6.45, 7) is 0. The average Bonchev–Trinajstić information content (AvgIpc) is 3.26. The van der Waals surface area contributed by atoms with Gasteiger partial charge in [0.2, 0.25) is 0 Å². The quantitative estimate of drug-likeness (QED) is 0.451. The van der Waals surface area contributed by atoms with Crippen LogP contribution in [0.3, 0.4) is 0 Å². The molecule has 0 spiro atoms. The van der Waals surface area contributed by atoms with Gasteiger partial charge in [-0.25, -0.2) is 13.2 Å². The van der Waals surface area contributed by atoms with Crippen LogP contribution in [0.5, 0.6) is 0 Å². The highest BCUT2D eigenvalue weighted by Gasteiger charge is 2.16. The van der Waals surface area contributed by atoms with Crippen molar-refractivity contribution in [2.75, 3.05) is 23.7 Å². The number of nitrogens with zero attached hydrogens (tertiary/aromatic N) is 3. The molecule has 1 aromatic heterocycles. The number of carbonyl (C=O) groups is 1. The third kappa shape index (κ3) is 4.73. The summed E-state index contributed by atoms with van der Waals surface area (Å²) in [6.07, 6.45) is 0. The van der Waals surface area contributed by atoms with Crippen molar-refractivity contribution < 1.29 is 13.2 Å². The Balaban J connectivity index is 1.62. The van der Waals surface area contributed by atoms with Gasteiger partial charge in [0, 0.05) is 36.6 Å². The summed E-state index contributed by atoms with van der Waals surface area (Å²) in [7, 11) is 0.213. The number of rotatable bonds is 6. The molecule has 0 saturated carbocycles. The lowest BCUT2D eigenvalue weighted by atomic mass is 10.1. The van der Waals surface area contributed by atoms with Gasteiger partial charge in [-0.1, -0.05) is 42.5 Å². The normalized spacial score (nSPS) is 11.2. The average molecular weight is 462 g/mol. The molecular weight excluding hydrogens is 438 g/mol. The van der Waals surface area contributed by atoms with Gasteiger partial charge in [-0.15, -0.1) is 0 Å². The molecule has 0 fully saturated rings. The van der Waals surface area contributed by atoms with Crippen LogP contribution in [0.4, 0.5) is 16.2 Å². The third-order valence-electron chi connectivity index (χ3n) is 5.08. The van der Waals surface area contributed by atoms with Crippen LogP contribution in [-0.4, -0.2) is 38.3 Å². The molecule has 168 valence electrons. The van der Waals surface area contributed by atoms with E-state index in [1.54, 1.807) is 48.5 Å². The summed E-state index contributed by atoms with van der Waals surface area (Å²) >= 11 is 0. The van der Waals surface area contributed by atoms with Crippen molar-refractivity contribution in [3.63, 3.8) is 0 Å². The molecule has 0 bridgehead atoms. The van der Waals surface area contributed by atoms with Gasteiger partial charge < -0.3 is 10.6 Å². The molecule has 4 aromatic rings. The van der Waals surface area contributed by atoms with Crippen molar-refractivity contribution in [2.24, 2.45) is 5.73 Å². The van der Waals surface area contributed by atoms with Crippen LogP contribution in [0.2, 0.25) is 0 Å². The number of sulfonamides is 1. The number of aromatic nitrogens is 2. The standard InChI is InChI=1S/C24H23N5O3S/c1-28(2)20-14-10-18(11-15-20)23-16-22(26-29(23)24(25)30)17-8-12-19(13-9-17)27-33(31,32)21-6-4-3-5-7-21/h3-16,27H,1-2H3,(H2,25,30). The molecule has 0 aliphatic rings. The number of nitrogens with two attached hydrogens (primary N) is 1. The lowest BCUT2D eigenvalue weighted by Gasteiger charge is -2.12. The molecule has 0 aliphatic heterocycles. The molecule has 9 heteroatoms. The van der Waals surface area contributed by atoms with Crippen molar-refractivity contribution in [1.82, 2.24) is 9.78 Å². The Morgan fingerprint density at radius 1 is 0.909 bits per heavy atom. The predicted molar refractivity (Wildman–Crippen MR) is 130 cm³/mol. The zero-order valence-corrected chi connectivity index (χ0v) is 19.0. The van der Waals surface area contributed by atoms with Crippen molar-refractivity contribution in [1.29, 1.82) is 0 Å². The van der Waals surface area contributed by atoms with E-state index >= 15 is 0 Å². The van der Waals surface area contributed by atoms with Gasteiger partial charge in [0.1, 0.15) is 0 Å². The van der Waals surface area contributed by atoms with Crippen LogP contribution in [0.25, 0.3) is 22.5 Å². The van der Waals surface area contributed by atoms with Gasteiger partial charge in [-0.05, 0) is 42.5 Å². The maximum atomic E-state index is 12.5. The van der Waals surface area contributed by atoms with E-state index in [4.69, 9.17) is 5.73 Å². The van der Waals surface area contributed by atoms with E-state index in [0.717, 1.165) is 15.9 Å². The van der Waals surface area contributed by atoms with E-state index in [1.807, 2.05) is 43.3 Å². The molecule has 4 rings (SSSR count). The molecular formula is C24H23N5O3S. The van der Waals surface area contributed by atoms with Crippen molar-refractivity contribution in [3.05, 3.63) is 84.9 Å². The minimum Gasteiger partial charge on any atom is -0.378 e. The van der Waals surface area contributed by atoms with Gasteiger partial charge in [0.15, 0.2) is 0 Å². The monoisotopic (exact) mass is 461 g/mol. The molecule has 3 aromatic carbocycles. The molecule has 0 atom stereocenters. The highest BCUT2D eigenvalue weighted by molar-refractivity contribution is 7.92. The molecule has 0 radical (unpaired) electrons. The first-order valence-electron chi connectivity index (χ1n) is 10.1. The fourth-order valence-electron chi connectivity index (χ4n) is 3.35. The SMILES string of the molecule is CN(C)c1ccc(-c2cc(-c3ccc(NS(=O)(=O)c4ccccc4)cc3)nn2C(N)=O)cc1. The Bertz CT molecular complexity index is 1380. The van der Waals surface area contributed by atoms with E-state index in [1.165, 1.54) is 12.1 Å². The molecule has 1 heterocycles. The highest BCUT2D eigenvalue weighted by atomic mass is 32.2. The number of carbonyl (C=O) groups excluding carboxylic acids is 1. The largest absolute Gasteiger partial charge is 0.378 e. The minimum atomic E-state index is -3.68. The third-order valence-corrected chi connectivity index (χ3v) is 6.48. The Morgan fingerprint density at radius 2 is 1.52 bits per heavy atom. The van der Waals surface area contributed by atoms with E-state index in [-0.39, 0.29) is 4.90 Å². The Labute approximate surface area is 192 Å². The molecule has 33 heavy (non-hydrogen) atoms. The molecule has 3 N–H and O–H groups in total. The van der Waals surface area contributed by atoms with Crippen LogP contribution < -0.4 is 15.4 Å². The van der Waals surface area contributed by atoms with E-state index in [2.05, 4.69) is 9.82 Å². The summed E-state index contributed by atoms with van der Waals surface area (Å²) in [4.78, 5) is 14.2. The highest BCUT2D eigenvalue weighted by Crippen LogP contribution is 2.28. The Morgan fingerprint density at radius 3 is 2.09 bits per heavy atom. The molecule has 8 nitrogen and oxygen atoms in total. The van der Waals surface area contributed by atoms with Gasteiger partial charge >= 0.3 is 6.03 Å². The summed E-state index contributed by atoms with van der Waals surface area (Å²) in [6, 6.07) is 23.7. The molecule has 0 unspecified atom stereocenters. The van der Waals surface area contributed by atoms with Crippen LogP contribution in [0.15, 0.2) is 89.8 Å². The lowest BCUT2D eigenvalue weighted by molar-refractivity contribution is 0.248. The van der Waals surface area contributed by atoms with Crippen LogP contribution in [0.1, 0.15) is 0 Å². The topological polar surface area (TPSA) is 110 Å². The maximum Gasteiger partial charge on any atom is 0.340 e. The Hall–Kier alpha value is -4.11. The van der Waals surface area contributed by atoms with Gasteiger partial charge in [0.05, 0.1) is 16.3 Å². The number of primary amides is 1. The van der Waals surface area contributed by atoms with Gasteiger partial charge in [-0.2, -0.15) is 9.78 Å². The first-order chi connectivity index (χ1) is 15.7. The summed E-state index contributed by atoms with van der Waals surface area (Å²) in [5, 5.41) is 4.36. The second-order valence-corrected chi connectivity index (χ2v) is 9.28. The van der Waals surface area contributed by atoms with Crippen molar-refractivity contribution >= 4 is 27.4 Å². The number of amides is 1. The van der Waals surface area contributed by atoms with Gasteiger partial charge in [0.25, 0.3) is 10.0 Å². The summed E-state index contributed by atoms with van der Waals surface area (Å²) in [5.74, 6) is 0. The fraction of sp³-hybridized carbons (Fsp3) is 0.0833. The molecule has 0 saturated heterocycles. The number of anilines is 2. The zero-order chi connectivity index (χ0) is 23.6. The Kier molecular flexibility index (Phi) is 5.89. The van der Waals surface area contributed by atoms with Crippen LogP contribution in [0, 0.1) is 0 Å². The molecule has 1 amide bonds. The summed E-state index contributed by atoms with van der Waals surface area (Å²) < 4.78 is 28.8. The number of nitrogens with one attached hydrogen (secondary N) is 1. The second-order valence-electron chi connectivity index (χ2n) is 7.60. The number of hydrogen-bond donors (Lipinski definition) is 2. The van der Waals surface area contributed by atoms with Crippen molar-refractivity contribution in [2.45, 2.75) is 4.90 Å². The smallest absolute Gasteiger partial charge is 0.340 e. The zero-order valence-electron chi connectivity index (χ0n) is 18.1. The van der Waals surface area contributed by atoms with Gasteiger partial charge in [-0.3, -0.25) is 4.72 Å². The minimum absolute atomic E-state index is 0.180. The predicted octanol–water partition coefficient (Wildman–Crippen LogP) is 4.01. The first kappa shape index (κ1) is 22.1. The van der Waals surface area contributed by atoms with Crippen LogP contribution in [-0.2, 0) is 10.0 Å². The van der Waals surface area contributed by atoms with Crippen molar-refractivity contribution in [3.8, 4) is 22.5 Å². The van der Waals surface area contributed by atoms with E-state index in [9.17, 15) is 13.2 Å².